The van der Waals surface area contributed by atoms with Crippen molar-refractivity contribution in [2.45, 2.75) is 39.0 Å². The number of hydrogen-bond donors (Lipinski definition) is 2. The fourth-order valence-electron chi connectivity index (χ4n) is 4.90. The Bertz CT molecular complexity index is 1670. The lowest BCUT2D eigenvalue weighted by Crippen LogP contribution is -2.26. The minimum Gasteiger partial charge on any atom is -0.465 e. The Morgan fingerprint density at radius 3 is 2.52 bits per heavy atom. The lowest BCUT2D eigenvalue weighted by Gasteiger charge is -2.14. The Kier molecular flexibility index (Phi) is 7.46. The van der Waals surface area contributed by atoms with E-state index in [-0.39, 0.29) is 6.61 Å². The Labute approximate surface area is 240 Å². The van der Waals surface area contributed by atoms with Crippen molar-refractivity contribution in [1.29, 1.82) is 0 Å². The number of cyclic esters (lactones) is 2. The normalized spacial score (nSPS) is 19.6. The average molecular weight is 573 g/mol. The lowest BCUT2D eigenvalue weighted by molar-refractivity contribution is -0.102. The van der Waals surface area contributed by atoms with Crippen molar-refractivity contribution in [3.8, 4) is 17.1 Å². The molecule has 3 atom stereocenters. The molecule has 0 saturated carbocycles. The SMILES string of the molecule is CCOc1nc2cccc(C(=O)OCC3OC(=O)OC3C)c2n1Cc1ccc(-c2ccccc2C2=NC(O)ON2)cc1. The number of benzene rings is 3. The van der Waals surface area contributed by atoms with Gasteiger partial charge < -0.3 is 24.1 Å². The maximum Gasteiger partial charge on any atom is 0.509 e. The summed E-state index contributed by atoms with van der Waals surface area (Å²) in [6, 6.07) is 21.2. The number of aromatic nitrogens is 2. The molecule has 1 saturated heterocycles. The van der Waals surface area contributed by atoms with E-state index < -0.39 is 30.7 Å². The minimum atomic E-state index is -1.25. The number of esters is 1. The first-order valence-corrected chi connectivity index (χ1v) is 13.4. The van der Waals surface area contributed by atoms with Crippen LogP contribution in [0.25, 0.3) is 22.2 Å². The number of ether oxygens (including phenoxy) is 4. The molecule has 3 aromatic carbocycles. The standard InChI is InChI=1S/C30H28N4O8/c1-3-38-28-31-23-10-6-9-22(27(35)39-16-24-17(2)40-30(37)41-24)25(23)34(28)15-18-11-13-19(14-12-18)20-7-4-5-8-21(20)26-32-29(36)42-33-26/h4-14,17,24,29,36H,3,15-16H2,1-2H3,(H,32,33). The topological polar surface area (TPSA) is 143 Å². The molecule has 1 aromatic heterocycles. The summed E-state index contributed by atoms with van der Waals surface area (Å²) >= 11 is 0. The first kappa shape index (κ1) is 27.2. The second-order valence-corrected chi connectivity index (χ2v) is 9.68. The molecule has 12 nitrogen and oxygen atoms in total. The van der Waals surface area contributed by atoms with Gasteiger partial charge in [0.05, 0.1) is 29.7 Å². The molecule has 12 heteroatoms. The number of amidine groups is 1. The number of rotatable bonds is 9. The summed E-state index contributed by atoms with van der Waals surface area (Å²) in [5.41, 5.74) is 7.70. The van der Waals surface area contributed by atoms with Gasteiger partial charge in [-0.25, -0.2) is 24.9 Å². The molecule has 4 aromatic rings. The van der Waals surface area contributed by atoms with Crippen LogP contribution in [-0.4, -0.2) is 64.5 Å². The predicted octanol–water partition coefficient (Wildman–Crippen LogP) is 3.79. The van der Waals surface area contributed by atoms with Gasteiger partial charge in [0, 0.05) is 5.56 Å². The second kappa shape index (κ2) is 11.5. The van der Waals surface area contributed by atoms with Crippen LogP contribution < -0.4 is 10.2 Å². The van der Waals surface area contributed by atoms with Gasteiger partial charge in [-0.1, -0.05) is 54.6 Å². The van der Waals surface area contributed by atoms with E-state index in [4.69, 9.17) is 23.8 Å². The Balaban J connectivity index is 1.28. The van der Waals surface area contributed by atoms with Crippen molar-refractivity contribution in [1.82, 2.24) is 15.0 Å². The minimum absolute atomic E-state index is 0.134. The highest BCUT2D eigenvalue weighted by molar-refractivity contribution is 6.04. The molecule has 3 heterocycles. The first-order chi connectivity index (χ1) is 20.4. The van der Waals surface area contributed by atoms with Gasteiger partial charge in [0.2, 0.25) is 0 Å². The molecule has 216 valence electrons. The van der Waals surface area contributed by atoms with Gasteiger partial charge >= 0.3 is 12.1 Å². The number of nitrogens with zero attached hydrogens (tertiary/aromatic N) is 3. The van der Waals surface area contributed by atoms with Crippen LogP contribution in [0.4, 0.5) is 4.79 Å². The molecule has 2 aliphatic rings. The zero-order valence-electron chi connectivity index (χ0n) is 22.9. The number of nitrogens with one attached hydrogen (secondary N) is 1. The van der Waals surface area contributed by atoms with Crippen molar-refractivity contribution in [2.75, 3.05) is 13.2 Å². The number of carbonyl (C=O) groups is 2. The fraction of sp³-hybridized carbons (Fsp3) is 0.267. The van der Waals surface area contributed by atoms with E-state index in [0.717, 1.165) is 22.3 Å². The summed E-state index contributed by atoms with van der Waals surface area (Å²) in [5, 5.41) is 9.63. The highest BCUT2D eigenvalue weighted by Gasteiger charge is 2.34. The lowest BCUT2D eigenvalue weighted by atomic mass is 9.98. The highest BCUT2D eigenvalue weighted by Crippen LogP contribution is 2.29. The molecule has 0 bridgehead atoms. The monoisotopic (exact) mass is 572 g/mol. The van der Waals surface area contributed by atoms with Gasteiger partial charge in [-0.2, -0.15) is 4.98 Å². The number of imidazole rings is 1. The molecule has 1 fully saturated rings. The van der Waals surface area contributed by atoms with Gasteiger partial charge in [-0.3, -0.25) is 4.57 Å². The molecule has 2 N–H and O–H groups in total. The van der Waals surface area contributed by atoms with Crippen molar-refractivity contribution in [3.63, 3.8) is 0 Å². The summed E-state index contributed by atoms with van der Waals surface area (Å²) in [6.45, 7) is 4.17. The molecular weight excluding hydrogens is 544 g/mol. The van der Waals surface area contributed by atoms with Gasteiger partial charge in [0.25, 0.3) is 12.4 Å². The van der Waals surface area contributed by atoms with Gasteiger partial charge in [0.15, 0.2) is 11.9 Å². The molecule has 6 rings (SSSR count). The number of carbonyl (C=O) groups excluding carboxylic acids is 2. The fourth-order valence-corrected chi connectivity index (χ4v) is 4.90. The molecular formula is C30H28N4O8. The van der Waals surface area contributed by atoms with Crippen LogP contribution in [-0.2, 0) is 25.6 Å². The molecule has 42 heavy (non-hydrogen) atoms. The van der Waals surface area contributed by atoms with E-state index in [1.165, 1.54) is 0 Å². The van der Waals surface area contributed by atoms with Crippen LogP contribution in [0.1, 0.15) is 35.3 Å². The van der Waals surface area contributed by atoms with Crippen LogP contribution in [0.2, 0.25) is 0 Å². The number of para-hydroxylation sites is 1. The van der Waals surface area contributed by atoms with E-state index in [9.17, 15) is 14.7 Å². The van der Waals surface area contributed by atoms with E-state index >= 15 is 0 Å². The van der Waals surface area contributed by atoms with Crippen LogP contribution >= 0.6 is 0 Å². The highest BCUT2D eigenvalue weighted by atomic mass is 16.8. The summed E-state index contributed by atoms with van der Waals surface area (Å²) in [5.74, 6) is -0.134. The summed E-state index contributed by atoms with van der Waals surface area (Å²) in [6.07, 6.45) is -3.23. The van der Waals surface area contributed by atoms with E-state index in [1.807, 2.05) is 60.0 Å². The third-order valence-electron chi connectivity index (χ3n) is 6.95. The third kappa shape index (κ3) is 5.37. The molecule has 3 unspecified atom stereocenters. The van der Waals surface area contributed by atoms with E-state index in [2.05, 4.69) is 15.5 Å². The van der Waals surface area contributed by atoms with Gasteiger partial charge in [-0.15, -0.1) is 0 Å². The zero-order valence-corrected chi connectivity index (χ0v) is 22.9. The number of hydroxylamine groups is 1. The summed E-state index contributed by atoms with van der Waals surface area (Å²) < 4.78 is 23.2. The summed E-state index contributed by atoms with van der Waals surface area (Å²) in [7, 11) is 0. The number of aliphatic hydroxyl groups excluding tert-OH is 1. The van der Waals surface area contributed by atoms with Crippen LogP contribution in [0, 0.1) is 0 Å². The van der Waals surface area contributed by atoms with Crippen LogP contribution in [0.3, 0.4) is 0 Å². The van der Waals surface area contributed by atoms with Crippen molar-refractivity contribution >= 4 is 29.0 Å². The van der Waals surface area contributed by atoms with E-state index in [1.54, 1.807) is 25.1 Å². The maximum atomic E-state index is 13.2. The van der Waals surface area contributed by atoms with Crippen LogP contribution in [0.5, 0.6) is 6.01 Å². The van der Waals surface area contributed by atoms with Crippen molar-refractivity contribution in [3.05, 3.63) is 83.4 Å². The predicted molar refractivity (Wildman–Crippen MR) is 150 cm³/mol. The van der Waals surface area contributed by atoms with Gasteiger partial charge in [0.1, 0.15) is 12.7 Å². The van der Waals surface area contributed by atoms with E-state index in [0.29, 0.717) is 41.6 Å². The second-order valence-electron chi connectivity index (χ2n) is 9.68. The molecule has 0 aliphatic carbocycles. The Hall–Kier alpha value is -4.94. The Morgan fingerprint density at radius 1 is 1.05 bits per heavy atom. The summed E-state index contributed by atoms with van der Waals surface area (Å²) in [4.78, 5) is 38.3. The Morgan fingerprint density at radius 2 is 1.83 bits per heavy atom. The zero-order chi connectivity index (χ0) is 29.2. The smallest absolute Gasteiger partial charge is 0.465 e. The molecule has 2 aliphatic heterocycles. The molecule has 0 amide bonds. The van der Waals surface area contributed by atoms with Crippen LogP contribution in [0.15, 0.2) is 71.7 Å². The first-order valence-electron chi connectivity index (χ1n) is 13.4. The average Bonchev–Trinajstić information content (AvgIpc) is 3.68. The van der Waals surface area contributed by atoms with Crippen molar-refractivity contribution in [2.24, 2.45) is 4.99 Å². The van der Waals surface area contributed by atoms with Crippen molar-refractivity contribution < 1.29 is 38.5 Å². The van der Waals surface area contributed by atoms with Gasteiger partial charge in [-0.05, 0) is 42.7 Å². The number of fused-ring (bicyclic) bond motifs is 1. The number of aliphatic hydroxyl groups is 1. The molecule has 0 radical (unpaired) electrons. The quantitative estimate of drug-likeness (QED) is 0.285. The largest absolute Gasteiger partial charge is 0.509 e. The molecule has 0 spiro atoms. The third-order valence-corrected chi connectivity index (χ3v) is 6.95. The maximum absolute atomic E-state index is 13.2. The number of hydrogen-bond acceptors (Lipinski definition) is 11. The number of aliphatic imine (C=N–C) groups is 1.